The molecule has 1 aromatic carbocycles. The molecule has 0 saturated heterocycles. The van der Waals surface area contributed by atoms with Crippen molar-refractivity contribution >= 4 is 6.09 Å². The minimum absolute atomic E-state index is 0.342. The zero-order valence-electron chi connectivity index (χ0n) is 10.5. The summed E-state index contributed by atoms with van der Waals surface area (Å²) in [6.07, 6.45) is 0.831. The van der Waals surface area contributed by atoms with Gasteiger partial charge in [-0.05, 0) is 30.7 Å². The lowest BCUT2D eigenvalue weighted by Gasteiger charge is -2.10. The third kappa shape index (κ3) is 3.23. The van der Waals surface area contributed by atoms with Gasteiger partial charge in [-0.25, -0.2) is 9.18 Å². The van der Waals surface area contributed by atoms with Crippen LogP contribution in [0.25, 0.3) is 11.3 Å². The van der Waals surface area contributed by atoms with Crippen LogP contribution in [0.1, 0.15) is 18.2 Å². The normalized spacial score (nSPS) is 11.8. The maximum absolute atomic E-state index is 12.8. The van der Waals surface area contributed by atoms with Gasteiger partial charge in [-0.3, -0.25) is 0 Å². The summed E-state index contributed by atoms with van der Waals surface area (Å²) in [7, 11) is 0. The van der Waals surface area contributed by atoms with Crippen molar-refractivity contribution in [1.82, 2.24) is 10.5 Å². The molecule has 0 saturated carbocycles. The molecule has 1 atom stereocenters. The molecule has 0 aliphatic carbocycles. The summed E-state index contributed by atoms with van der Waals surface area (Å²) in [6, 6.07) is 6.85. The highest BCUT2D eigenvalue weighted by molar-refractivity contribution is 5.65. The van der Waals surface area contributed by atoms with Gasteiger partial charge in [0.2, 0.25) is 0 Å². The Morgan fingerprint density at radius 3 is 2.80 bits per heavy atom. The third-order valence-corrected chi connectivity index (χ3v) is 2.71. The van der Waals surface area contributed by atoms with Gasteiger partial charge >= 0.3 is 6.09 Å². The molecule has 2 rings (SSSR count). The number of hydrogen-bond donors (Lipinski definition) is 2. The van der Waals surface area contributed by atoms with Crippen LogP contribution in [0, 0.1) is 5.82 Å². The van der Waals surface area contributed by atoms with E-state index in [2.05, 4.69) is 17.1 Å². The maximum atomic E-state index is 12.8. The molecule has 2 N–H and O–H groups in total. The zero-order chi connectivity index (χ0) is 14.5. The fourth-order valence-electron chi connectivity index (χ4n) is 1.77. The van der Waals surface area contributed by atoms with Gasteiger partial charge < -0.3 is 14.9 Å². The molecule has 0 spiro atoms. The molecular weight excluding hydrogens is 263 g/mol. The average molecular weight is 276 g/mol. The Morgan fingerprint density at radius 2 is 2.20 bits per heavy atom. The van der Waals surface area contributed by atoms with E-state index < -0.39 is 12.1 Å². The quantitative estimate of drug-likeness (QED) is 0.821. The van der Waals surface area contributed by atoms with Crippen molar-refractivity contribution in [2.45, 2.75) is 12.5 Å². The molecule has 0 fully saturated rings. The number of nitrogens with zero attached hydrogens (tertiary/aromatic N) is 1. The Kier molecular flexibility index (Phi) is 4.14. The molecule has 5 nitrogen and oxygen atoms in total. The van der Waals surface area contributed by atoms with Crippen LogP contribution in [0.15, 0.2) is 47.5 Å². The monoisotopic (exact) mass is 276 g/mol. The van der Waals surface area contributed by atoms with E-state index in [4.69, 9.17) is 9.63 Å². The summed E-state index contributed by atoms with van der Waals surface area (Å²) in [5.74, 6) is 0.104. The predicted molar refractivity (Wildman–Crippen MR) is 70.6 cm³/mol. The fraction of sp³-hybridized carbons (Fsp3) is 0.143. The van der Waals surface area contributed by atoms with E-state index in [9.17, 15) is 9.18 Å². The van der Waals surface area contributed by atoms with Crippen molar-refractivity contribution in [3.05, 3.63) is 54.5 Å². The van der Waals surface area contributed by atoms with E-state index in [0.717, 1.165) is 0 Å². The number of hydrogen-bond acceptors (Lipinski definition) is 3. The van der Waals surface area contributed by atoms with Crippen LogP contribution < -0.4 is 5.32 Å². The van der Waals surface area contributed by atoms with E-state index in [-0.39, 0.29) is 5.82 Å². The molecule has 1 amide bonds. The molecular formula is C14H13FN2O3. The largest absolute Gasteiger partial charge is 0.465 e. The van der Waals surface area contributed by atoms with Crippen molar-refractivity contribution in [2.75, 3.05) is 0 Å². The molecule has 0 bridgehead atoms. The van der Waals surface area contributed by atoms with Crippen LogP contribution in [0.5, 0.6) is 0 Å². The third-order valence-electron chi connectivity index (χ3n) is 2.71. The molecule has 0 aliphatic rings. The summed E-state index contributed by atoms with van der Waals surface area (Å²) in [6.45, 7) is 3.57. The second-order valence-electron chi connectivity index (χ2n) is 4.15. The summed E-state index contributed by atoms with van der Waals surface area (Å²) in [4.78, 5) is 10.7. The highest BCUT2D eigenvalue weighted by Crippen LogP contribution is 2.24. The molecule has 6 heteroatoms. The Balaban J connectivity index is 2.23. The molecule has 2 aromatic rings. The Bertz CT molecular complexity index is 607. The highest BCUT2D eigenvalue weighted by atomic mass is 19.1. The highest BCUT2D eigenvalue weighted by Gasteiger charge is 2.17. The van der Waals surface area contributed by atoms with Crippen LogP contribution in [0.3, 0.4) is 0 Å². The Labute approximate surface area is 114 Å². The van der Waals surface area contributed by atoms with Gasteiger partial charge in [0.1, 0.15) is 11.5 Å². The zero-order valence-corrected chi connectivity index (χ0v) is 10.5. The minimum Gasteiger partial charge on any atom is -0.465 e. The van der Waals surface area contributed by atoms with Gasteiger partial charge in [0.05, 0.1) is 6.04 Å². The number of aromatic nitrogens is 1. The lowest BCUT2D eigenvalue weighted by atomic mass is 10.1. The van der Waals surface area contributed by atoms with Crippen molar-refractivity contribution in [1.29, 1.82) is 0 Å². The average Bonchev–Trinajstić information content (AvgIpc) is 2.88. The SMILES string of the molecule is C=CCC(NC(=O)O)c1cc(-c2ccc(F)cc2)on1. The number of carboxylic acid groups (broad SMARTS) is 1. The van der Waals surface area contributed by atoms with E-state index in [0.29, 0.717) is 23.4 Å². The molecule has 104 valence electrons. The summed E-state index contributed by atoms with van der Waals surface area (Å²) in [5, 5.41) is 15.0. The van der Waals surface area contributed by atoms with Gasteiger partial charge in [-0.15, -0.1) is 6.58 Å². The maximum Gasteiger partial charge on any atom is 0.405 e. The lowest BCUT2D eigenvalue weighted by molar-refractivity contribution is 0.189. The van der Waals surface area contributed by atoms with Crippen LogP contribution in [-0.2, 0) is 0 Å². The lowest BCUT2D eigenvalue weighted by Crippen LogP contribution is -2.26. The van der Waals surface area contributed by atoms with Gasteiger partial charge in [0.25, 0.3) is 0 Å². The molecule has 0 radical (unpaired) electrons. The van der Waals surface area contributed by atoms with E-state index in [1.54, 1.807) is 24.3 Å². The summed E-state index contributed by atoms with van der Waals surface area (Å²) in [5.41, 5.74) is 1.12. The van der Waals surface area contributed by atoms with Crippen LogP contribution in [0.2, 0.25) is 0 Å². The molecule has 20 heavy (non-hydrogen) atoms. The first-order chi connectivity index (χ1) is 9.60. The predicted octanol–water partition coefficient (Wildman–Crippen LogP) is 3.37. The Hall–Kier alpha value is -2.63. The topological polar surface area (TPSA) is 75.4 Å². The second-order valence-corrected chi connectivity index (χ2v) is 4.15. The second kappa shape index (κ2) is 6.01. The molecule has 1 unspecified atom stereocenters. The van der Waals surface area contributed by atoms with Crippen molar-refractivity contribution < 1.29 is 18.8 Å². The molecule has 0 aliphatic heterocycles. The summed E-state index contributed by atoms with van der Waals surface area (Å²) >= 11 is 0. The first kappa shape index (κ1) is 13.8. The number of nitrogens with one attached hydrogen (secondary N) is 1. The number of benzene rings is 1. The fourth-order valence-corrected chi connectivity index (χ4v) is 1.77. The van der Waals surface area contributed by atoms with Gasteiger partial charge in [-0.2, -0.15) is 0 Å². The van der Waals surface area contributed by atoms with Crippen molar-refractivity contribution in [2.24, 2.45) is 0 Å². The van der Waals surface area contributed by atoms with Gasteiger partial charge in [-0.1, -0.05) is 11.2 Å². The van der Waals surface area contributed by atoms with Crippen LogP contribution >= 0.6 is 0 Å². The van der Waals surface area contributed by atoms with Crippen LogP contribution in [0.4, 0.5) is 9.18 Å². The standard InChI is InChI=1S/C14H13FN2O3/c1-2-3-11(16-14(18)19)12-8-13(20-17-12)9-4-6-10(15)7-5-9/h2,4-8,11,16H,1,3H2,(H,18,19). The van der Waals surface area contributed by atoms with Gasteiger partial charge in [0.15, 0.2) is 5.76 Å². The molecule has 1 aromatic heterocycles. The van der Waals surface area contributed by atoms with Crippen LogP contribution in [-0.4, -0.2) is 16.4 Å². The first-order valence-corrected chi connectivity index (χ1v) is 5.93. The number of rotatable bonds is 5. The van der Waals surface area contributed by atoms with Crippen molar-refractivity contribution in [3.63, 3.8) is 0 Å². The number of amides is 1. The Morgan fingerprint density at radius 1 is 1.50 bits per heavy atom. The number of halogens is 1. The minimum atomic E-state index is -1.15. The first-order valence-electron chi connectivity index (χ1n) is 5.93. The van der Waals surface area contributed by atoms with Crippen molar-refractivity contribution in [3.8, 4) is 11.3 Å². The molecule has 1 heterocycles. The summed E-state index contributed by atoms with van der Waals surface area (Å²) < 4.78 is 18.0. The van der Waals surface area contributed by atoms with E-state index in [1.807, 2.05) is 0 Å². The van der Waals surface area contributed by atoms with Gasteiger partial charge in [0, 0.05) is 11.6 Å². The van der Waals surface area contributed by atoms with E-state index >= 15 is 0 Å². The van der Waals surface area contributed by atoms with E-state index in [1.165, 1.54) is 12.1 Å². The smallest absolute Gasteiger partial charge is 0.405 e. The number of carbonyl (C=O) groups is 1.